The summed E-state index contributed by atoms with van der Waals surface area (Å²) in [7, 11) is 0. The van der Waals surface area contributed by atoms with Gasteiger partial charge in [0, 0.05) is 5.69 Å². The number of nitrogens with zero attached hydrogens (tertiary/aromatic N) is 2. The van der Waals surface area contributed by atoms with Crippen molar-refractivity contribution in [1.29, 1.82) is 0 Å². The van der Waals surface area contributed by atoms with Crippen LogP contribution in [0.2, 0.25) is 10.0 Å². The van der Waals surface area contributed by atoms with Gasteiger partial charge in [-0.3, -0.25) is 4.98 Å². The van der Waals surface area contributed by atoms with E-state index in [0.29, 0.717) is 21.7 Å². The summed E-state index contributed by atoms with van der Waals surface area (Å²) in [5, 5.41) is 4.01. The molecule has 0 unspecified atom stereocenters. The third-order valence-corrected chi connectivity index (χ3v) is 2.71. The summed E-state index contributed by atoms with van der Waals surface area (Å²) >= 11 is 11.7. The van der Waals surface area contributed by atoms with E-state index in [4.69, 9.17) is 29.0 Å². The summed E-state index contributed by atoms with van der Waals surface area (Å²) in [6.45, 7) is 0. The minimum Gasteiger partial charge on any atom is -0.339 e. The molecule has 0 aliphatic heterocycles. The van der Waals surface area contributed by atoms with E-state index in [1.165, 1.54) is 6.20 Å². The summed E-state index contributed by atoms with van der Waals surface area (Å²) in [6.07, 6.45) is 3.09. The van der Waals surface area contributed by atoms with Crippen LogP contribution in [0.5, 0.6) is 0 Å². The first kappa shape index (κ1) is 11.9. The highest BCUT2D eigenvalue weighted by molar-refractivity contribution is 6.42. The van der Waals surface area contributed by atoms with Crippen LogP contribution in [0.1, 0.15) is 0 Å². The molecule has 1 heterocycles. The van der Waals surface area contributed by atoms with Crippen molar-refractivity contribution < 1.29 is 0 Å². The van der Waals surface area contributed by atoms with Crippen LogP contribution in [0.15, 0.2) is 30.6 Å². The van der Waals surface area contributed by atoms with E-state index in [1.54, 1.807) is 24.4 Å². The molecule has 7 heteroatoms. The third-order valence-electron chi connectivity index (χ3n) is 1.97. The van der Waals surface area contributed by atoms with Crippen LogP contribution in [-0.4, -0.2) is 9.97 Å². The molecule has 0 aliphatic rings. The Morgan fingerprint density at radius 1 is 1.06 bits per heavy atom. The van der Waals surface area contributed by atoms with Gasteiger partial charge in [-0.25, -0.2) is 10.8 Å². The Balaban J connectivity index is 2.22. The van der Waals surface area contributed by atoms with Gasteiger partial charge in [-0.15, -0.1) is 0 Å². The molecule has 5 nitrogen and oxygen atoms in total. The van der Waals surface area contributed by atoms with Crippen LogP contribution >= 0.6 is 23.2 Å². The number of aromatic nitrogens is 2. The Morgan fingerprint density at radius 3 is 2.53 bits per heavy atom. The van der Waals surface area contributed by atoms with Gasteiger partial charge < -0.3 is 10.7 Å². The van der Waals surface area contributed by atoms with E-state index in [1.807, 2.05) is 0 Å². The van der Waals surface area contributed by atoms with E-state index in [9.17, 15) is 0 Å². The van der Waals surface area contributed by atoms with Crippen LogP contribution in [-0.2, 0) is 0 Å². The Morgan fingerprint density at radius 2 is 1.82 bits per heavy atom. The Kier molecular flexibility index (Phi) is 3.63. The number of benzene rings is 1. The van der Waals surface area contributed by atoms with E-state index in [-0.39, 0.29) is 0 Å². The lowest BCUT2D eigenvalue weighted by Gasteiger charge is -2.07. The van der Waals surface area contributed by atoms with Crippen molar-refractivity contribution in [2.75, 3.05) is 10.7 Å². The van der Waals surface area contributed by atoms with Gasteiger partial charge in [-0.05, 0) is 18.2 Å². The first-order valence-electron chi connectivity index (χ1n) is 4.70. The highest BCUT2D eigenvalue weighted by Gasteiger charge is 2.01. The quantitative estimate of drug-likeness (QED) is 0.590. The van der Waals surface area contributed by atoms with Crippen molar-refractivity contribution >= 4 is 40.5 Å². The SMILES string of the molecule is NNc1cncc(Nc2ccc(Cl)c(Cl)c2)n1. The molecule has 88 valence electrons. The van der Waals surface area contributed by atoms with Gasteiger partial charge in [-0.2, -0.15) is 0 Å². The summed E-state index contributed by atoms with van der Waals surface area (Å²) in [4.78, 5) is 8.12. The van der Waals surface area contributed by atoms with Crippen molar-refractivity contribution in [1.82, 2.24) is 9.97 Å². The number of nitrogens with two attached hydrogens (primary N) is 1. The smallest absolute Gasteiger partial charge is 0.160 e. The second-order valence-electron chi connectivity index (χ2n) is 3.19. The molecule has 4 N–H and O–H groups in total. The number of halogens is 2. The normalized spacial score (nSPS) is 10.1. The van der Waals surface area contributed by atoms with Crippen LogP contribution in [0.25, 0.3) is 0 Å². The minimum atomic E-state index is 0.468. The lowest BCUT2D eigenvalue weighted by Crippen LogP contribution is -2.09. The van der Waals surface area contributed by atoms with E-state index >= 15 is 0 Å². The van der Waals surface area contributed by atoms with Crippen LogP contribution in [0.4, 0.5) is 17.3 Å². The molecule has 17 heavy (non-hydrogen) atoms. The average molecular weight is 270 g/mol. The summed E-state index contributed by atoms with van der Waals surface area (Å²) in [5.74, 6) is 6.26. The molecule has 0 atom stereocenters. The number of hydrogen-bond acceptors (Lipinski definition) is 5. The molecule has 0 fully saturated rings. The lowest BCUT2D eigenvalue weighted by molar-refractivity contribution is 1.16. The largest absolute Gasteiger partial charge is 0.339 e. The van der Waals surface area contributed by atoms with E-state index in [2.05, 4.69) is 20.7 Å². The number of hydrazine groups is 1. The predicted octanol–water partition coefficient (Wildman–Crippen LogP) is 2.81. The zero-order valence-electron chi connectivity index (χ0n) is 8.61. The maximum absolute atomic E-state index is 5.90. The van der Waals surface area contributed by atoms with Crippen LogP contribution < -0.4 is 16.6 Å². The number of nitrogens with one attached hydrogen (secondary N) is 2. The number of hydrogen-bond donors (Lipinski definition) is 3. The third kappa shape index (κ3) is 2.97. The minimum absolute atomic E-state index is 0.468. The Bertz CT molecular complexity index is 532. The highest BCUT2D eigenvalue weighted by atomic mass is 35.5. The highest BCUT2D eigenvalue weighted by Crippen LogP contribution is 2.26. The van der Waals surface area contributed by atoms with Gasteiger partial charge >= 0.3 is 0 Å². The van der Waals surface area contributed by atoms with Crippen molar-refractivity contribution in [2.45, 2.75) is 0 Å². The monoisotopic (exact) mass is 269 g/mol. The fraction of sp³-hybridized carbons (Fsp3) is 0. The molecular weight excluding hydrogens is 261 g/mol. The van der Waals surface area contributed by atoms with Crippen molar-refractivity contribution in [3.05, 3.63) is 40.6 Å². The fourth-order valence-corrected chi connectivity index (χ4v) is 1.52. The standard InChI is InChI=1S/C10H9Cl2N5/c11-7-2-1-6(3-8(7)12)15-9-4-14-5-10(16-9)17-13/h1-5H,13H2,(H2,15,16,17). The molecule has 2 rings (SSSR count). The maximum atomic E-state index is 5.90. The van der Waals surface area contributed by atoms with Crippen molar-refractivity contribution in [2.24, 2.45) is 5.84 Å². The first-order chi connectivity index (χ1) is 8.19. The van der Waals surface area contributed by atoms with Gasteiger partial charge in [0.2, 0.25) is 0 Å². The molecule has 0 saturated heterocycles. The molecular formula is C10H9Cl2N5. The zero-order valence-corrected chi connectivity index (χ0v) is 10.1. The Hall–Kier alpha value is -1.56. The molecule has 0 saturated carbocycles. The summed E-state index contributed by atoms with van der Waals surface area (Å²) in [6, 6.07) is 5.19. The predicted molar refractivity (Wildman–Crippen MR) is 69.6 cm³/mol. The Labute approximate surface area is 108 Å². The first-order valence-corrected chi connectivity index (χ1v) is 5.45. The average Bonchev–Trinajstić information content (AvgIpc) is 2.34. The van der Waals surface area contributed by atoms with Gasteiger partial charge in [0.25, 0.3) is 0 Å². The van der Waals surface area contributed by atoms with Crippen LogP contribution in [0.3, 0.4) is 0 Å². The molecule has 1 aromatic heterocycles. The van der Waals surface area contributed by atoms with Gasteiger partial charge in [0.05, 0.1) is 22.4 Å². The molecule has 2 aromatic rings. The van der Waals surface area contributed by atoms with Crippen LogP contribution in [0, 0.1) is 0 Å². The molecule has 0 amide bonds. The second kappa shape index (κ2) is 5.18. The van der Waals surface area contributed by atoms with Gasteiger partial charge in [-0.1, -0.05) is 23.2 Å². The number of nitrogen functional groups attached to an aromatic ring is 1. The topological polar surface area (TPSA) is 75.9 Å². The second-order valence-corrected chi connectivity index (χ2v) is 4.00. The maximum Gasteiger partial charge on any atom is 0.160 e. The molecule has 0 bridgehead atoms. The number of rotatable bonds is 3. The van der Waals surface area contributed by atoms with Gasteiger partial charge in [0.15, 0.2) is 11.6 Å². The van der Waals surface area contributed by atoms with Gasteiger partial charge in [0.1, 0.15) is 0 Å². The van der Waals surface area contributed by atoms with Crippen molar-refractivity contribution in [3.63, 3.8) is 0 Å². The van der Waals surface area contributed by atoms with E-state index in [0.717, 1.165) is 5.69 Å². The fourth-order valence-electron chi connectivity index (χ4n) is 1.22. The molecule has 0 spiro atoms. The zero-order chi connectivity index (χ0) is 12.3. The molecule has 0 radical (unpaired) electrons. The van der Waals surface area contributed by atoms with E-state index < -0.39 is 0 Å². The lowest BCUT2D eigenvalue weighted by atomic mass is 10.3. The number of anilines is 3. The molecule has 1 aromatic carbocycles. The molecule has 0 aliphatic carbocycles. The summed E-state index contributed by atoms with van der Waals surface area (Å²) in [5.41, 5.74) is 3.18. The summed E-state index contributed by atoms with van der Waals surface area (Å²) < 4.78 is 0. The van der Waals surface area contributed by atoms with Crippen molar-refractivity contribution in [3.8, 4) is 0 Å².